The first-order valence-electron chi connectivity index (χ1n) is 8.98. The molecule has 1 aromatic rings. The SMILES string of the molecule is CS(=O)(=O)CC1(CNC2c3ccccc3CC23CCOCC3)CC1. The fourth-order valence-electron chi connectivity index (χ4n) is 4.78. The molecule has 4 nitrogen and oxygen atoms in total. The molecule has 4 rings (SSSR count). The molecular formula is C19H27NO3S. The van der Waals surface area contributed by atoms with Crippen LogP contribution in [0.3, 0.4) is 0 Å². The van der Waals surface area contributed by atoms with Crippen molar-refractivity contribution in [1.82, 2.24) is 5.32 Å². The van der Waals surface area contributed by atoms with E-state index in [1.165, 1.54) is 17.4 Å². The van der Waals surface area contributed by atoms with Crippen molar-refractivity contribution in [3.8, 4) is 0 Å². The van der Waals surface area contributed by atoms with Crippen LogP contribution in [0.1, 0.15) is 42.9 Å². The van der Waals surface area contributed by atoms with E-state index in [2.05, 4.69) is 29.6 Å². The molecule has 0 bridgehead atoms. The number of hydrogen-bond donors (Lipinski definition) is 1. The molecule has 1 saturated heterocycles. The predicted molar refractivity (Wildman–Crippen MR) is 94.8 cm³/mol. The second kappa shape index (κ2) is 5.82. The Hall–Kier alpha value is -0.910. The van der Waals surface area contributed by atoms with Gasteiger partial charge in [0, 0.05) is 32.1 Å². The van der Waals surface area contributed by atoms with Crippen molar-refractivity contribution in [2.75, 3.05) is 31.8 Å². The summed E-state index contributed by atoms with van der Waals surface area (Å²) in [6.07, 6.45) is 6.69. The van der Waals surface area contributed by atoms with Gasteiger partial charge in [0.25, 0.3) is 0 Å². The van der Waals surface area contributed by atoms with Crippen LogP contribution >= 0.6 is 0 Å². The van der Waals surface area contributed by atoms with Gasteiger partial charge in [-0.2, -0.15) is 0 Å². The normalized spacial score (nSPS) is 27.1. The Morgan fingerprint density at radius 1 is 1.17 bits per heavy atom. The standard InChI is InChI=1S/C19H27NO3S/c1-24(21,22)14-18(6-7-18)13-20-17-16-5-3-2-4-15(16)12-19(17)8-10-23-11-9-19/h2-5,17,20H,6-14H2,1H3. The molecule has 1 spiro atoms. The Kier molecular flexibility index (Phi) is 4.01. The lowest BCUT2D eigenvalue weighted by molar-refractivity contribution is -0.000587. The number of hydrogen-bond acceptors (Lipinski definition) is 4. The van der Waals surface area contributed by atoms with Crippen LogP contribution in [-0.2, 0) is 21.0 Å². The van der Waals surface area contributed by atoms with E-state index in [0.717, 1.165) is 51.9 Å². The monoisotopic (exact) mass is 349 g/mol. The largest absolute Gasteiger partial charge is 0.381 e. The lowest BCUT2D eigenvalue weighted by Crippen LogP contribution is -2.42. The molecule has 2 fully saturated rings. The molecule has 1 aromatic carbocycles. The first-order valence-corrected chi connectivity index (χ1v) is 11.0. The molecule has 1 heterocycles. The van der Waals surface area contributed by atoms with Crippen LogP contribution in [0.5, 0.6) is 0 Å². The van der Waals surface area contributed by atoms with Crippen molar-refractivity contribution in [2.45, 2.75) is 38.1 Å². The van der Waals surface area contributed by atoms with Gasteiger partial charge in [0.15, 0.2) is 0 Å². The third-order valence-corrected chi connectivity index (χ3v) is 7.35. The first-order chi connectivity index (χ1) is 11.4. The second-order valence-electron chi connectivity index (χ2n) is 8.23. The highest BCUT2D eigenvalue weighted by atomic mass is 32.2. The average Bonchev–Trinajstić information content (AvgIpc) is 3.20. The third kappa shape index (κ3) is 3.14. The zero-order valence-corrected chi connectivity index (χ0v) is 15.2. The zero-order valence-electron chi connectivity index (χ0n) is 14.4. The van der Waals surface area contributed by atoms with E-state index in [1.54, 1.807) is 0 Å². The Balaban J connectivity index is 1.55. The lowest BCUT2D eigenvalue weighted by atomic mass is 9.74. The quantitative estimate of drug-likeness (QED) is 0.887. The molecule has 1 aliphatic heterocycles. The summed E-state index contributed by atoms with van der Waals surface area (Å²) in [5.74, 6) is 0.317. The van der Waals surface area contributed by atoms with Crippen LogP contribution in [-0.4, -0.2) is 40.2 Å². The highest BCUT2D eigenvalue weighted by Gasteiger charge is 2.50. The molecule has 1 unspecified atom stereocenters. The van der Waals surface area contributed by atoms with E-state index < -0.39 is 9.84 Å². The summed E-state index contributed by atoms with van der Waals surface area (Å²) in [6, 6.07) is 9.06. The Morgan fingerprint density at radius 2 is 1.88 bits per heavy atom. The molecule has 2 aliphatic carbocycles. The summed E-state index contributed by atoms with van der Waals surface area (Å²) >= 11 is 0. The molecule has 24 heavy (non-hydrogen) atoms. The molecule has 1 atom stereocenters. The topological polar surface area (TPSA) is 55.4 Å². The minimum Gasteiger partial charge on any atom is -0.381 e. The lowest BCUT2D eigenvalue weighted by Gasteiger charge is -2.40. The Bertz CT molecular complexity index is 718. The highest BCUT2D eigenvalue weighted by Crippen LogP contribution is 2.53. The number of ether oxygens (including phenoxy) is 1. The van der Waals surface area contributed by atoms with Gasteiger partial charge in [-0.05, 0) is 54.1 Å². The fraction of sp³-hybridized carbons (Fsp3) is 0.684. The van der Waals surface area contributed by atoms with Crippen molar-refractivity contribution in [3.63, 3.8) is 0 Å². The summed E-state index contributed by atoms with van der Waals surface area (Å²) in [7, 11) is -2.92. The predicted octanol–water partition coefficient (Wildman–Crippen LogP) is 2.50. The highest BCUT2D eigenvalue weighted by molar-refractivity contribution is 7.90. The molecule has 1 saturated carbocycles. The van der Waals surface area contributed by atoms with E-state index in [0.29, 0.717) is 11.8 Å². The van der Waals surface area contributed by atoms with Crippen molar-refractivity contribution in [3.05, 3.63) is 35.4 Å². The van der Waals surface area contributed by atoms with Crippen LogP contribution in [0.2, 0.25) is 0 Å². The van der Waals surface area contributed by atoms with Gasteiger partial charge in [0.05, 0.1) is 5.75 Å². The number of benzene rings is 1. The summed E-state index contributed by atoms with van der Waals surface area (Å²) < 4.78 is 29.1. The van der Waals surface area contributed by atoms with E-state index in [-0.39, 0.29) is 10.8 Å². The average molecular weight is 349 g/mol. The van der Waals surface area contributed by atoms with Gasteiger partial charge in [-0.3, -0.25) is 0 Å². The number of fused-ring (bicyclic) bond motifs is 1. The fourth-order valence-corrected chi connectivity index (χ4v) is 6.28. The molecule has 5 heteroatoms. The number of rotatable bonds is 5. The van der Waals surface area contributed by atoms with Gasteiger partial charge < -0.3 is 10.1 Å². The number of sulfone groups is 1. The molecule has 3 aliphatic rings. The van der Waals surface area contributed by atoms with Gasteiger partial charge in [0.2, 0.25) is 0 Å². The van der Waals surface area contributed by atoms with Crippen molar-refractivity contribution in [1.29, 1.82) is 0 Å². The summed E-state index contributed by atoms with van der Waals surface area (Å²) in [5, 5.41) is 3.80. The van der Waals surface area contributed by atoms with Crippen LogP contribution < -0.4 is 5.32 Å². The Labute approximate surface area is 144 Å². The maximum atomic E-state index is 11.7. The van der Waals surface area contributed by atoms with Gasteiger partial charge in [-0.25, -0.2) is 8.42 Å². The molecular weight excluding hydrogens is 322 g/mol. The summed E-state index contributed by atoms with van der Waals surface area (Å²) in [6.45, 7) is 2.48. The molecule has 0 amide bonds. The Morgan fingerprint density at radius 3 is 2.54 bits per heavy atom. The zero-order chi connectivity index (χ0) is 16.8. The minimum absolute atomic E-state index is 0.0303. The van der Waals surface area contributed by atoms with E-state index >= 15 is 0 Å². The minimum atomic E-state index is -2.92. The summed E-state index contributed by atoms with van der Waals surface area (Å²) in [5.41, 5.74) is 3.07. The van der Waals surface area contributed by atoms with Crippen molar-refractivity contribution in [2.24, 2.45) is 10.8 Å². The van der Waals surface area contributed by atoms with Gasteiger partial charge in [-0.15, -0.1) is 0 Å². The first kappa shape index (κ1) is 16.6. The molecule has 0 aromatic heterocycles. The second-order valence-corrected chi connectivity index (χ2v) is 10.4. The maximum Gasteiger partial charge on any atom is 0.148 e. The van der Waals surface area contributed by atoms with Gasteiger partial charge >= 0.3 is 0 Å². The van der Waals surface area contributed by atoms with Crippen LogP contribution in [0, 0.1) is 10.8 Å². The molecule has 1 N–H and O–H groups in total. The smallest absolute Gasteiger partial charge is 0.148 e. The van der Waals surface area contributed by atoms with Crippen LogP contribution in [0.15, 0.2) is 24.3 Å². The van der Waals surface area contributed by atoms with Crippen LogP contribution in [0.4, 0.5) is 0 Å². The molecule has 132 valence electrons. The van der Waals surface area contributed by atoms with Gasteiger partial charge in [-0.1, -0.05) is 24.3 Å². The third-order valence-electron chi connectivity index (χ3n) is 6.22. The van der Waals surface area contributed by atoms with E-state index in [9.17, 15) is 8.42 Å². The summed E-state index contributed by atoms with van der Waals surface area (Å²) in [4.78, 5) is 0. The van der Waals surface area contributed by atoms with Crippen molar-refractivity contribution >= 4 is 9.84 Å². The van der Waals surface area contributed by atoms with E-state index in [4.69, 9.17) is 4.74 Å². The van der Waals surface area contributed by atoms with Crippen molar-refractivity contribution < 1.29 is 13.2 Å². The van der Waals surface area contributed by atoms with Crippen LogP contribution in [0.25, 0.3) is 0 Å². The maximum absolute atomic E-state index is 11.7. The molecule has 0 radical (unpaired) electrons. The number of nitrogens with one attached hydrogen (secondary N) is 1. The van der Waals surface area contributed by atoms with E-state index in [1.807, 2.05) is 0 Å². The van der Waals surface area contributed by atoms with Gasteiger partial charge in [0.1, 0.15) is 9.84 Å².